The van der Waals surface area contributed by atoms with Gasteiger partial charge in [-0.2, -0.15) is 11.8 Å². The first kappa shape index (κ1) is 18.1. The van der Waals surface area contributed by atoms with Crippen LogP contribution >= 0.6 is 11.8 Å². The van der Waals surface area contributed by atoms with Crippen molar-refractivity contribution in [1.29, 1.82) is 0 Å². The van der Waals surface area contributed by atoms with Crippen molar-refractivity contribution in [3.8, 4) is 0 Å². The number of amides is 1. The molecule has 0 bridgehead atoms. The molecule has 16 heavy (non-hydrogen) atoms. The number of aliphatic hydroxyl groups is 1. The summed E-state index contributed by atoms with van der Waals surface area (Å²) in [4.78, 5) is 20.8. The van der Waals surface area contributed by atoms with Crippen LogP contribution in [0.2, 0.25) is 11.1 Å². The number of thioether (sulfide) groups is 1. The van der Waals surface area contributed by atoms with Crippen LogP contribution in [0.3, 0.4) is 0 Å². The Hall–Kier alpha value is -0.231. The summed E-state index contributed by atoms with van der Waals surface area (Å²) in [5, 5.41) is 19.7. The fourth-order valence-corrected chi connectivity index (χ4v) is 1.49. The van der Waals surface area contributed by atoms with Gasteiger partial charge in [0.05, 0.1) is 0 Å². The Morgan fingerprint density at radius 3 is 2.31 bits per heavy atom. The Morgan fingerprint density at radius 2 is 2.00 bits per heavy atom. The Labute approximate surface area is 107 Å². The van der Waals surface area contributed by atoms with E-state index in [1.165, 1.54) is 5.75 Å². The zero-order chi connectivity index (χ0) is 13.0. The van der Waals surface area contributed by atoms with E-state index in [1.54, 1.807) is 0 Å². The molecule has 0 spiro atoms. The van der Waals surface area contributed by atoms with Crippen LogP contribution in [0.4, 0.5) is 0 Å². The average Bonchev–Trinajstić information content (AvgIpc) is 2.26. The van der Waals surface area contributed by atoms with Gasteiger partial charge in [0.2, 0.25) is 0 Å². The molecule has 0 radical (unpaired) electrons. The number of nitrogens with one attached hydrogen (secondary N) is 1. The first-order chi connectivity index (χ1) is 7.49. The first-order valence-electron chi connectivity index (χ1n) is 4.65. The van der Waals surface area contributed by atoms with Crippen molar-refractivity contribution in [3.63, 3.8) is 0 Å². The maximum atomic E-state index is 10.8. The standard InChI is InChI=1S/C6H11NO4Se.C3H8S/c1-12-3-4(8)6(11)7-2-5(9)10;1-3-4-2/h4,8H,2-3H2,1H3,(H,7,11)(H,9,10);3H2,1-2H3. The van der Waals surface area contributed by atoms with Crippen LogP contribution < -0.4 is 5.32 Å². The van der Waals surface area contributed by atoms with Crippen LogP contribution in [0.5, 0.6) is 0 Å². The van der Waals surface area contributed by atoms with E-state index >= 15 is 0 Å². The second kappa shape index (κ2) is 12.8. The Kier molecular flexibility index (Phi) is 14.6. The van der Waals surface area contributed by atoms with E-state index in [0.717, 1.165) is 0 Å². The normalized spacial score (nSPS) is 11.0. The van der Waals surface area contributed by atoms with E-state index in [1.807, 2.05) is 17.6 Å². The summed E-state index contributed by atoms with van der Waals surface area (Å²) in [5.41, 5.74) is 0. The molecular weight excluding hydrogens is 297 g/mol. The molecule has 0 saturated carbocycles. The number of hydrogen-bond donors (Lipinski definition) is 3. The molecule has 0 fully saturated rings. The van der Waals surface area contributed by atoms with Crippen molar-refractivity contribution >= 4 is 38.6 Å². The quantitative estimate of drug-likeness (QED) is 0.605. The van der Waals surface area contributed by atoms with Gasteiger partial charge < -0.3 is 0 Å². The third kappa shape index (κ3) is 13.8. The summed E-state index contributed by atoms with van der Waals surface area (Å²) >= 11 is 2.06. The third-order valence-electron chi connectivity index (χ3n) is 1.33. The van der Waals surface area contributed by atoms with Gasteiger partial charge in [-0.25, -0.2) is 0 Å². The van der Waals surface area contributed by atoms with Crippen molar-refractivity contribution in [2.75, 3.05) is 18.6 Å². The van der Waals surface area contributed by atoms with Crippen molar-refractivity contribution in [2.45, 2.75) is 24.2 Å². The van der Waals surface area contributed by atoms with Gasteiger partial charge in [-0.15, -0.1) is 0 Å². The van der Waals surface area contributed by atoms with Crippen molar-refractivity contribution in [2.24, 2.45) is 0 Å². The van der Waals surface area contributed by atoms with E-state index in [0.29, 0.717) is 5.32 Å². The van der Waals surface area contributed by atoms with Crippen LogP contribution in [0, 0.1) is 0 Å². The molecule has 0 aliphatic heterocycles. The molecule has 1 atom stereocenters. The van der Waals surface area contributed by atoms with Gasteiger partial charge in [-0.3, -0.25) is 0 Å². The summed E-state index contributed by atoms with van der Waals surface area (Å²) in [6.45, 7) is 1.71. The van der Waals surface area contributed by atoms with Crippen LogP contribution in [0.25, 0.3) is 0 Å². The topological polar surface area (TPSA) is 86.6 Å². The summed E-state index contributed by atoms with van der Waals surface area (Å²) < 4.78 is 0. The Balaban J connectivity index is 0. The number of carboxylic acids is 1. The second-order valence-electron chi connectivity index (χ2n) is 2.66. The molecule has 0 heterocycles. The number of carbonyl (C=O) groups is 2. The summed E-state index contributed by atoms with van der Waals surface area (Å²) in [6.07, 6.45) is 1.04. The maximum absolute atomic E-state index is 10.8. The molecule has 0 aromatic rings. The number of carboxylic acid groups (broad SMARTS) is 1. The molecule has 96 valence electrons. The molecule has 5 nitrogen and oxygen atoms in total. The SMILES string of the molecule is CCSC.C[Se]CC(O)C(=O)NCC(=O)O. The number of rotatable bonds is 6. The fourth-order valence-electron chi connectivity index (χ4n) is 0.514. The van der Waals surface area contributed by atoms with E-state index in [4.69, 9.17) is 10.2 Å². The van der Waals surface area contributed by atoms with E-state index in [2.05, 4.69) is 18.5 Å². The summed E-state index contributed by atoms with van der Waals surface area (Å²) in [6, 6.07) is 0. The van der Waals surface area contributed by atoms with Gasteiger partial charge >= 0.3 is 75.7 Å². The molecule has 1 amide bonds. The second-order valence-corrected chi connectivity index (χ2v) is 5.73. The minimum absolute atomic E-state index is 0.208. The minimum atomic E-state index is -1.11. The Bertz CT molecular complexity index is 202. The van der Waals surface area contributed by atoms with E-state index in [9.17, 15) is 9.59 Å². The molecule has 0 rings (SSSR count). The number of hydrogen-bond acceptors (Lipinski definition) is 4. The van der Waals surface area contributed by atoms with Gasteiger partial charge in [0, 0.05) is 0 Å². The van der Waals surface area contributed by atoms with Gasteiger partial charge in [-0.1, -0.05) is 6.92 Å². The van der Waals surface area contributed by atoms with Crippen molar-refractivity contribution in [1.82, 2.24) is 5.32 Å². The Morgan fingerprint density at radius 1 is 1.50 bits per heavy atom. The van der Waals surface area contributed by atoms with Gasteiger partial charge in [-0.05, 0) is 12.0 Å². The molecule has 0 aromatic carbocycles. The van der Waals surface area contributed by atoms with Crippen LogP contribution in [-0.4, -0.2) is 61.7 Å². The third-order valence-corrected chi connectivity index (χ3v) is 3.27. The monoisotopic (exact) mass is 317 g/mol. The molecule has 0 aliphatic carbocycles. The van der Waals surface area contributed by atoms with Crippen LogP contribution in [-0.2, 0) is 9.59 Å². The number of carbonyl (C=O) groups excluding carboxylic acids is 1. The zero-order valence-corrected chi connectivity index (χ0v) is 12.3. The predicted octanol–water partition coefficient (Wildman–Crippen LogP) is 0.0880. The van der Waals surface area contributed by atoms with Crippen molar-refractivity contribution < 1.29 is 19.8 Å². The predicted molar refractivity (Wildman–Crippen MR) is 67.1 cm³/mol. The first-order valence-corrected chi connectivity index (χ1v) is 8.96. The van der Waals surface area contributed by atoms with E-state index in [-0.39, 0.29) is 15.0 Å². The van der Waals surface area contributed by atoms with E-state index < -0.39 is 24.5 Å². The molecule has 1 unspecified atom stereocenters. The molecule has 0 aromatic heterocycles. The molecular formula is C9H19NO4SSe. The van der Waals surface area contributed by atoms with Gasteiger partial charge in [0.1, 0.15) is 0 Å². The fraction of sp³-hybridized carbons (Fsp3) is 0.778. The number of aliphatic carboxylic acids is 1. The van der Waals surface area contributed by atoms with Gasteiger partial charge in [0.15, 0.2) is 0 Å². The molecule has 3 N–H and O–H groups in total. The summed E-state index contributed by atoms with van der Waals surface area (Å²) in [7, 11) is 0. The zero-order valence-electron chi connectivity index (χ0n) is 9.73. The van der Waals surface area contributed by atoms with Gasteiger partial charge in [0.25, 0.3) is 0 Å². The number of aliphatic hydroxyl groups excluding tert-OH is 1. The molecule has 0 saturated heterocycles. The van der Waals surface area contributed by atoms with Crippen LogP contribution in [0.1, 0.15) is 6.92 Å². The van der Waals surface area contributed by atoms with Crippen LogP contribution in [0.15, 0.2) is 0 Å². The average molecular weight is 316 g/mol. The molecule has 0 aliphatic rings. The summed E-state index contributed by atoms with van der Waals surface area (Å²) in [5.74, 6) is 1.40. The molecule has 7 heteroatoms. The van der Waals surface area contributed by atoms with Crippen molar-refractivity contribution in [3.05, 3.63) is 0 Å².